The molecule has 0 aliphatic heterocycles. The van der Waals surface area contributed by atoms with E-state index in [1.807, 2.05) is 0 Å². The number of aryl methyl sites for hydroxylation is 1. The molecule has 0 saturated carbocycles. The number of benzene rings is 1. The van der Waals surface area contributed by atoms with Gasteiger partial charge in [-0.1, -0.05) is 12.1 Å². The second-order valence-corrected chi connectivity index (χ2v) is 8.78. The van der Waals surface area contributed by atoms with Crippen LogP contribution in [0.3, 0.4) is 0 Å². The molecule has 13 heteroatoms. The minimum atomic E-state index is -5.22. The molecule has 1 aromatic carbocycles. The molecule has 2 amide bonds. The number of pyridine rings is 1. The van der Waals surface area contributed by atoms with Gasteiger partial charge in [0.05, 0.1) is 30.1 Å². The quantitative estimate of drug-likeness (QED) is 0.524. The molecule has 0 aliphatic carbocycles. The van der Waals surface area contributed by atoms with Crippen LogP contribution < -0.4 is 10.2 Å². The lowest BCUT2D eigenvalue weighted by atomic mass is 10.0. The maximum Gasteiger partial charge on any atom is 0.471 e. The van der Waals surface area contributed by atoms with E-state index in [4.69, 9.17) is 9.47 Å². The lowest BCUT2D eigenvalue weighted by Gasteiger charge is -2.25. The number of hydrogen-bond acceptors (Lipinski definition) is 7. The molecule has 0 atom stereocenters. The first-order valence-electron chi connectivity index (χ1n) is 10.5. The fourth-order valence-corrected chi connectivity index (χ4v) is 3.33. The summed E-state index contributed by atoms with van der Waals surface area (Å²) in [5, 5.41) is 1.79. The summed E-state index contributed by atoms with van der Waals surface area (Å²) in [6, 6.07) is 5.87. The zero-order valence-electron chi connectivity index (χ0n) is 20.4. The Labute approximate surface area is 204 Å². The average molecular weight is 507 g/mol. The minimum Gasteiger partial charge on any atom is -0.465 e. The van der Waals surface area contributed by atoms with Gasteiger partial charge in [0.1, 0.15) is 16.9 Å². The van der Waals surface area contributed by atoms with Gasteiger partial charge in [0.25, 0.3) is 0 Å². The third-order valence-electron chi connectivity index (χ3n) is 4.89. The summed E-state index contributed by atoms with van der Waals surface area (Å²) in [5.74, 6) is -3.59. The van der Waals surface area contributed by atoms with Crippen molar-refractivity contribution in [2.45, 2.75) is 32.5 Å². The van der Waals surface area contributed by atoms with E-state index in [0.717, 1.165) is 4.90 Å². The maximum atomic E-state index is 13.2. The van der Waals surface area contributed by atoms with E-state index >= 15 is 0 Å². The molecule has 0 spiro atoms. The first kappa shape index (κ1) is 26.4. The average Bonchev–Trinajstić information content (AvgIpc) is 3.17. The van der Waals surface area contributed by atoms with E-state index in [9.17, 15) is 27.6 Å². The van der Waals surface area contributed by atoms with Crippen molar-refractivity contribution >= 4 is 40.6 Å². The highest BCUT2D eigenvalue weighted by molar-refractivity contribution is 6.09. The van der Waals surface area contributed by atoms with Gasteiger partial charge in [0.15, 0.2) is 5.82 Å². The van der Waals surface area contributed by atoms with Gasteiger partial charge in [-0.25, -0.2) is 19.6 Å². The molecule has 0 radical (unpaired) electrons. The lowest BCUT2D eigenvalue weighted by Crippen LogP contribution is -2.35. The van der Waals surface area contributed by atoms with Gasteiger partial charge in [0.2, 0.25) is 0 Å². The third-order valence-corrected chi connectivity index (χ3v) is 4.89. The van der Waals surface area contributed by atoms with Crippen LogP contribution in [0.25, 0.3) is 22.2 Å². The number of nitrogens with zero attached hydrogens (tertiary/aromatic N) is 4. The van der Waals surface area contributed by atoms with E-state index in [0.29, 0.717) is 0 Å². The SMILES string of the molecule is COC(=O)c1cccc(-c2c(NC(=O)C(F)(F)F)nc(N(C)C(=O)OC(C)(C)C)c3ncn(C)c23)c1. The number of rotatable bonds is 4. The second kappa shape index (κ2) is 9.47. The number of fused-ring (bicyclic) bond motifs is 1. The molecule has 10 nitrogen and oxygen atoms in total. The summed E-state index contributed by atoms with van der Waals surface area (Å²) >= 11 is 0. The van der Waals surface area contributed by atoms with Crippen molar-refractivity contribution in [2.75, 3.05) is 24.4 Å². The van der Waals surface area contributed by atoms with Crippen molar-refractivity contribution in [1.29, 1.82) is 0 Å². The molecule has 0 fully saturated rings. The van der Waals surface area contributed by atoms with E-state index in [2.05, 4.69) is 9.97 Å². The number of anilines is 2. The Morgan fingerprint density at radius 1 is 1.14 bits per heavy atom. The van der Waals surface area contributed by atoms with Crippen molar-refractivity contribution < 1.29 is 37.0 Å². The molecule has 2 aromatic heterocycles. The Kier molecular flexibility index (Phi) is 6.96. The van der Waals surface area contributed by atoms with E-state index < -0.39 is 35.6 Å². The van der Waals surface area contributed by atoms with Gasteiger partial charge in [0, 0.05) is 14.1 Å². The van der Waals surface area contributed by atoms with Gasteiger partial charge >= 0.3 is 24.1 Å². The normalized spacial score (nSPS) is 11.8. The number of carbonyl (C=O) groups excluding carboxylic acids is 3. The number of aromatic nitrogens is 3. The van der Waals surface area contributed by atoms with Crippen LogP contribution in [0.15, 0.2) is 30.6 Å². The van der Waals surface area contributed by atoms with Crippen molar-refractivity contribution in [3.63, 3.8) is 0 Å². The number of nitrogens with one attached hydrogen (secondary N) is 1. The number of hydrogen-bond donors (Lipinski definition) is 1. The fraction of sp³-hybridized carbons (Fsp3) is 0.348. The molecule has 36 heavy (non-hydrogen) atoms. The van der Waals surface area contributed by atoms with E-state index in [1.165, 1.54) is 49.3 Å². The Morgan fingerprint density at radius 2 is 1.81 bits per heavy atom. The van der Waals surface area contributed by atoms with Crippen LogP contribution in [0.1, 0.15) is 31.1 Å². The Bertz CT molecular complexity index is 1340. The van der Waals surface area contributed by atoms with Crippen LogP contribution >= 0.6 is 0 Å². The molecule has 3 rings (SSSR count). The highest BCUT2D eigenvalue weighted by Crippen LogP contribution is 2.39. The number of ether oxygens (including phenoxy) is 2. The van der Waals surface area contributed by atoms with Crippen LogP contribution in [-0.4, -0.2) is 58.4 Å². The highest BCUT2D eigenvalue weighted by Gasteiger charge is 2.40. The summed E-state index contributed by atoms with van der Waals surface area (Å²) in [4.78, 5) is 46.2. The van der Waals surface area contributed by atoms with Crippen molar-refractivity contribution in [3.8, 4) is 11.1 Å². The topological polar surface area (TPSA) is 116 Å². The van der Waals surface area contributed by atoms with Gasteiger partial charge in [-0.3, -0.25) is 9.69 Å². The molecule has 0 saturated heterocycles. The molecule has 2 heterocycles. The predicted octanol–water partition coefficient (Wildman–Crippen LogP) is 4.29. The smallest absolute Gasteiger partial charge is 0.465 e. The molecular formula is C23H24F3N5O5. The van der Waals surface area contributed by atoms with Crippen LogP contribution in [0.2, 0.25) is 0 Å². The first-order chi connectivity index (χ1) is 16.6. The summed E-state index contributed by atoms with van der Waals surface area (Å²) in [6.45, 7) is 4.94. The van der Waals surface area contributed by atoms with Crippen LogP contribution in [0.5, 0.6) is 0 Å². The molecule has 1 N–H and O–H groups in total. The zero-order chi connectivity index (χ0) is 27.0. The standard InChI is InChI=1S/C23H24F3N5O5/c1-22(2,3)36-21(34)31(5)18-15-16(30(4)11-27-15)14(17(28-18)29-20(33)23(24,25)26)12-8-7-9-13(10-12)19(32)35-6/h7-11H,1-6H3,(H,28,29,33). The summed E-state index contributed by atoms with van der Waals surface area (Å²) in [5.41, 5.74) is -0.0499. The number of imidazole rings is 1. The Balaban J connectivity index is 2.32. The Morgan fingerprint density at radius 3 is 2.39 bits per heavy atom. The van der Waals surface area contributed by atoms with Gasteiger partial charge in [-0.2, -0.15) is 13.2 Å². The van der Waals surface area contributed by atoms with Crippen molar-refractivity contribution in [2.24, 2.45) is 7.05 Å². The molecule has 192 valence electrons. The van der Waals surface area contributed by atoms with Crippen molar-refractivity contribution in [3.05, 3.63) is 36.2 Å². The molecular weight excluding hydrogens is 483 g/mol. The van der Waals surface area contributed by atoms with Crippen LogP contribution in [0.4, 0.5) is 29.6 Å². The van der Waals surface area contributed by atoms with Crippen LogP contribution in [-0.2, 0) is 21.3 Å². The number of methoxy groups -OCH3 is 1. The molecule has 0 bridgehead atoms. The van der Waals surface area contributed by atoms with Crippen LogP contribution in [0, 0.1) is 0 Å². The van der Waals surface area contributed by atoms with Gasteiger partial charge in [-0.05, 0) is 38.5 Å². The largest absolute Gasteiger partial charge is 0.471 e. The van der Waals surface area contributed by atoms with E-state index in [-0.39, 0.29) is 33.5 Å². The monoisotopic (exact) mass is 507 g/mol. The number of esters is 1. The number of halogens is 3. The number of amides is 2. The lowest BCUT2D eigenvalue weighted by molar-refractivity contribution is -0.167. The summed E-state index contributed by atoms with van der Waals surface area (Å²) in [7, 11) is 4.08. The van der Waals surface area contributed by atoms with Gasteiger partial charge < -0.3 is 19.4 Å². The Hall–Kier alpha value is -4.16. The minimum absolute atomic E-state index is 0.0506. The molecule has 3 aromatic rings. The van der Waals surface area contributed by atoms with Gasteiger partial charge in [-0.15, -0.1) is 0 Å². The van der Waals surface area contributed by atoms with E-state index in [1.54, 1.807) is 33.1 Å². The molecule has 0 unspecified atom stereocenters. The summed E-state index contributed by atoms with van der Waals surface area (Å²) in [6.07, 6.45) is -4.68. The third kappa shape index (κ3) is 5.39. The van der Waals surface area contributed by atoms with Crippen molar-refractivity contribution in [1.82, 2.24) is 14.5 Å². The number of alkyl halides is 3. The first-order valence-corrected chi connectivity index (χ1v) is 10.5. The highest BCUT2D eigenvalue weighted by atomic mass is 19.4. The predicted molar refractivity (Wildman–Crippen MR) is 125 cm³/mol. The fourth-order valence-electron chi connectivity index (χ4n) is 3.33. The maximum absolute atomic E-state index is 13.2. The summed E-state index contributed by atoms with van der Waals surface area (Å²) < 4.78 is 51.1. The molecule has 0 aliphatic rings. The zero-order valence-corrected chi connectivity index (χ0v) is 20.4. The second-order valence-electron chi connectivity index (χ2n) is 8.78. The number of carbonyl (C=O) groups is 3.